The Kier molecular flexibility index (Phi) is 7.65. The maximum absolute atomic E-state index is 12.6. The van der Waals surface area contributed by atoms with Crippen LogP contribution in [0.5, 0.6) is 11.5 Å². The number of rotatable bonds is 9. The van der Waals surface area contributed by atoms with Crippen LogP contribution in [0, 0.1) is 11.3 Å². The van der Waals surface area contributed by atoms with Gasteiger partial charge in [-0.1, -0.05) is 48.2 Å². The van der Waals surface area contributed by atoms with Crippen LogP contribution in [0.3, 0.4) is 0 Å². The molecule has 0 saturated heterocycles. The van der Waals surface area contributed by atoms with Crippen molar-refractivity contribution in [3.05, 3.63) is 90.3 Å². The fourth-order valence-corrected chi connectivity index (χ4v) is 4.15. The lowest BCUT2D eigenvalue weighted by Crippen LogP contribution is -2.16. The summed E-state index contributed by atoms with van der Waals surface area (Å²) < 4.78 is 13.3. The number of carbonyl (C=O) groups excluding carboxylic acids is 1. The lowest BCUT2D eigenvalue weighted by molar-refractivity contribution is -0.113. The van der Waals surface area contributed by atoms with Gasteiger partial charge in [-0.05, 0) is 43.3 Å². The van der Waals surface area contributed by atoms with Gasteiger partial charge < -0.3 is 14.8 Å². The lowest BCUT2D eigenvalue weighted by Gasteiger charge is -2.17. The first-order valence-electron chi connectivity index (χ1n) is 10.8. The van der Waals surface area contributed by atoms with Gasteiger partial charge in [0.25, 0.3) is 0 Å². The molecule has 0 bridgehead atoms. The van der Waals surface area contributed by atoms with Crippen LogP contribution in [0.15, 0.2) is 84.0 Å². The number of nitrogens with zero attached hydrogens (tertiary/aromatic N) is 4. The number of benzene rings is 3. The molecule has 176 valence electrons. The molecule has 8 nitrogen and oxygen atoms in total. The van der Waals surface area contributed by atoms with Gasteiger partial charge in [0.1, 0.15) is 17.6 Å². The van der Waals surface area contributed by atoms with Crippen molar-refractivity contribution in [3.8, 4) is 23.3 Å². The van der Waals surface area contributed by atoms with Crippen molar-refractivity contribution in [3.63, 3.8) is 0 Å². The lowest BCUT2D eigenvalue weighted by atomic mass is 10.2. The molecule has 0 saturated carbocycles. The molecule has 1 amide bonds. The van der Waals surface area contributed by atoms with E-state index in [1.165, 1.54) is 11.8 Å². The minimum absolute atomic E-state index is 0.0931. The van der Waals surface area contributed by atoms with Gasteiger partial charge in [0.05, 0.1) is 24.1 Å². The largest absolute Gasteiger partial charge is 0.497 e. The highest BCUT2D eigenvalue weighted by Crippen LogP contribution is 2.29. The summed E-state index contributed by atoms with van der Waals surface area (Å²) in [7, 11) is 1.60. The molecule has 0 fully saturated rings. The Morgan fingerprint density at radius 1 is 1.06 bits per heavy atom. The Hall–Kier alpha value is -4.29. The van der Waals surface area contributed by atoms with Crippen LogP contribution >= 0.6 is 11.8 Å². The van der Waals surface area contributed by atoms with E-state index in [2.05, 4.69) is 21.6 Å². The Morgan fingerprint density at radius 3 is 2.57 bits per heavy atom. The Bertz CT molecular complexity index is 1350. The second-order valence-corrected chi connectivity index (χ2v) is 8.39. The highest BCUT2D eigenvalue weighted by molar-refractivity contribution is 7.99. The second kappa shape index (κ2) is 11.2. The van der Waals surface area contributed by atoms with Crippen LogP contribution in [-0.4, -0.2) is 33.5 Å². The summed E-state index contributed by atoms with van der Waals surface area (Å²) in [6.45, 7) is 1.89. The molecule has 4 aromatic rings. The first-order valence-corrected chi connectivity index (χ1v) is 11.8. The predicted octanol–water partition coefficient (Wildman–Crippen LogP) is 5.02. The standard InChI is InChI=1S/C26H23N5O3S/c1-18(34-22-13-8-12-21(15-22)33-2)25-29-30-26(31(25)20-10-4-3-5-11-20)35-17-24(32)28-23-14-7-6-9-19(23)16-27/h3-15,18H,17H2,1-2H3,(H,28,32). The number of nitrogens with one attached hydrogen (secondary N) is 1. The molecule has 3 aromatic carbocycles. The van der Waals surface area contributed by atoms with Crippen molar-refractivity contribution in [1.82, 2.24) is 14.8 Å². The third-order valence-corrected chi connectivity index (χ3v) is 5.97. The highest BCUT2D eigenvalue weighted by Gasteiger charge is 2.22. The van der Waals surface area contributed by atoms with E-state index >= 15 is 0 Å². The highest BCUT2D eigenvalue weighted by atomic mass is 32.2. The number of hydrogen-bond donors (Lipinski definition) is 1. The van der Waals surface area contributed by atoms with Crippen LogP contribution in [0.1, 0.15) is 24.4 Å². The van der Waals surface area contributed by atoms with E-state index in [0.717, 1.165) is 5.69 Å². The molecule has 0 spiro atoms. The maximum atomic E-state index is 12.6. The molecule has 1 N–H and O–H groups in total. The third-order valence-electron chi connectivity index (χ3n) is 5.04. The molecule has 1 atom stereocenters. The first-order chi connectivity index (χ1) is 17.1. The van der Waals surface area contributed by atoms with Crippen LogP contribution < -0.4 is 14.8 Å². The Morgan fingerprint density at radius 2 is 1.80 bits per heavy atom. The number of para-hydroxylation sites is 2. The van der Waals surface area contributed by atoms with Crippen LogP contribution in [0.4, 0.5) is 5.69 Å². The van der Waals surface area contributed by atoms with Gasteiger partial charge in [0.15, 0.2) is 17.1 Å². The zero-order chi connectivity index (χ0) is 24.6. The summed E-state index contributed by atoms with van der Waals surface area (Å²) in [6.07, 6.45) is -0.430. The SMILES string of the molecule is COc1cccc(OC(C)c2nnc(SCC(=O)Nc3ccccc3C#N)n2-c2ccccc2)c1. The average Bonchev–Trinajstić information content (AvgIpc) is 3.32. The minimum atomic E-state index is -0.430. The van der Waals surface area contributed by atoms with E-state index < -0.39 is 6.10 Å². The first kappa shape index (κ1) is 23.9. The van der Waals surface area contributed by atoms with E-state index in [-0.39, 0.29) is 11.7 Å². The molecule has 0 aliphatic heterocycles. The predicted molar refractivity (Wildman–Crippen MR) is 134 cm³/mol. The number of thioether (sulfide) groups is 1. The van der Waals surface area contributed by atoms with Crippen LogP contribution in [0.25, 0.3) is 5.69 Å². The Labute approximate surface area is 207 Å². The van der Waals surface area contributed by atoms with Crippen molar-refractivity contribution in [2.75, 3.05) is 18.2 Å². The number of anilines is 1. The summed E-state index contributed by atoms with van der Waals surface area (Å²) >= 11 is 1.25. The number of nitriles is 1. The smallest absolute Gasteiger partial charge is 0.234 e. The molecular formula is C26H23N5O3S. The molecule has 0 aliphatic carbocycles. The molecule has 35 heavy (non-hydrogen) atoms. The van der Waals surface area contributed by atoms with E-state index in [9.17, 15) is 10.1 Å². The topological polar surface area (TPSA) is 102 Å². The molecule has 0 radical (unpaired) electrons. The zero-order valence-electron chi connectivity index (χ0n) is 19.2. The van der Waals surface area contributed by atoms with E-state index in [1.54, 1.807) is 37.4 Å². The number of amides is 1. The van der Waals surface area contributed by atoms with Gasteiger partial charge in [-0.3, -0.25) is 9.36 Å². The molecule has 1 unspecified atom stereocenters. The second-order valence-electron chi connectivity index (χ2n) is 7.45. The van der Waals surface area contributed by atoms with Crippen LogP contribution in [-0.2, 0) is 4.79 Å². The molecule has 4 rings (SSSR count). The zero-order valence-corrected chi connectivity index (χ0v) is 20.0. The van der Waals surface area contributed by atoms with Crippen molar-refractivity contribution < 1.29 is 14.3 Å². The van der Waals surface area contributed by atoms with Crippen molar-refractivity contribution in [1.29, 1.82) is 5.26 Å². The van der Waals surface area contributed by atoms with Gasteiger partial charge in [-0.25, -0.2) is 0 Å². The van der Waals surface area contributed by atoms with E-state index in [4.69, 9.17) is 9.47 Å². The van der Waals surface area contributed by atoms with Gasteiger partial charge >= 0.3 is 0 Å². The number of ether oxygens (including phenoxy) is 2. The monoisotopic (exact) mass is 485 g/mol. The number of methoxy groups -OCH3 is 1. The molecule has 1 heterocycles. The van der Waals surface area contributed by atoms with Crippen molar-refractivity contribution in [2.24, 2.45) is 0 Å². The van der Waals surface area contributed by atoms with Gasteiger partial charge in [-0.2, -0.15) is 5.26 Å². The fourth-order valence-electron chi connectivity index (χ4n) is 3.40. The van der Waals surface area contributed by atoms with Gasteiger partial charge in [0, 0.05) is 11.8 Å². The normalized spacial score (nSPS) is 11.3. The number of hydrogen-bond acceptors (Lipinski definition) is 7. The minimum Gasteiger partial charge on any atom is -0.497 e. The molecule has 9 heteroatoms. The number of aromatic nitrogens is 3. The number of carbonyl (C=O) groups is 1. The quantitative estimate of drug-likeness (QED) is 0.332. The van der Waals surface area contributed by atoms with Gasteiger partial charge in [0.2, 0.25) is 5.91 Å². The maximum Gasteiger partial charge on any atom is 0.234 e. The van der Waals surface area contributed by atoms with E-state index in [1.807, 2.05) is 60.0 Å². The Balaban J connectivity index is 1.55. The molecule has 0 aliphatic rings. The summed E-state index contributed by atoms with van der Waals surface area (Å²) in [5.74, 6) is 1.78. The van der Waals surface area contributed by atoms with Crippen molar-refractivity contribution >= 4 is 23.4 Å². The summed E-state index contributed by atoms with van der Waals surface area (Å²) in [6, 6.07) is 26.0. The summed E-state index contributed by atoms with van der Waals surface area (Å²) in [4.78, 5) is 12.6. The third kappa shape index (κ3) is 5.80. The summed E-state index contributed by atoms with van der Waals surface area (Å²) in [5, 5.41) is 21.3. The van der Waals surface area contributed by atoms with Crippen LogP contribution in [0.2, 0.25) is 0 Å². The molecule has 1 aromatic heterocycles. The average molecular weight is 486 g/mol. The molecular weight excluding hydrogens is 462 g/mol. The summed E-state index contributed by atoms with van der Waals surface area (Å²) in [5.41, 5.74) is 1.74. The van der Waals surface area contributed by atoms with E-state index in [0.29, 0.717) is 33.7 Å². The van der Waals surface area contributed by atoms with Crippen molar-refractivity contribution in [2.45, 2.75) is 18.2 Å². The fraction of sp³-hybridized carbons (Fsp3) is 0.154. The van der Waals surface area contributed by atoms with Gasteiger partial charge in [-0.15, -0.1) is 10.2 Å².